The monoisotopic (exact) mass is 456 g/mol. The van der Waals surface area contributed by atoms with Crippen LogP contribution in [0.2, 0.25) is 5.02 Å². The van der Waals surface area contributed by atoms with Crippen molar-refractivity contribution in [3.63, 3.8) is 0 Å². The summed E-state index contributed by atoms with van der Waals surface area (Å²) >= 11 is 6.26. The Morgan fingerprint density at radius 3 is 1.82 bits per heavy atom. The lowest BCUT2D eigenvalue weighted by Crippen LogP contribution is -2.14. The first kappa shape index (κ1) is 22.6. The summed E-state index contributed by atoms with van der Waals surface area (Å²) in [6, 6.07) is 25.7. The Hall–Kier alpha value is -3.63. The predicted octanol–water partition coefficient (Wildman–Crippen LogP) is 7.30. The van der Waals surface area contributed by atoms with Crippen molar-refractivity contribution in [3.05, 3.63) is 107 Å². The molecule has 0 radical (unpaired) electrons. The van der Waals surface area contributed by atoms with Crippen molar-refractivity contribution in [2.75, 3.05) is 10.6 Å². The van der Waals surface area contributed by atoms with Crippen molar-refractivity contribution < 1.29 is 9.59 Å². The third-order valence-corrected chi connectivity index (χ3v) is 5.86. The molecule has 4 nitrogen and oxygen atoms in total. The number of hydrogen-bond donors (Lipinski definition) is 2. The average molecular weight is 457 g/mol. The van der Waals surface area contributed by atoms with Gasteiger partial charge in [-0.15, -0.1) is 0 Å². The molecule has 0 aromatic heterocycles. The van der Waals surface area contributed by atoms with E-state index in [1.807, 2.05) is 48.5 Å². The van der Waals surface area contributed by atoms with Gasteiger partial charge in [0.05, 0.1) is 0 Å². The highest BCUT2D eigenvalue weighted by atomic mass is 35.5. The van der Waals surface area contributed by atoms with Gasteiger partial charge < -0.3 is 10.6 Å². The smallest absolute Gasteiger partial charge is 0.256 e. The van der Waals surface area contributed by atoms with Gasteiger partial charge in [-0.25, -0.2) is 0 Å². The molecule has 0 atom stereocenters. The number of halogens is 1. The van der Waals surface area contributed by atoms with Gasteiger partial charge in [-0.2, -0.15) is 0 Å². The SMILES string of the molecule is CC(C)(C)c1ccc(C(=O)Nc2ccc(NC(=O)c3cccc4c(Cl)cccc34)cc2)cc1. The van der Waals surface area contributed by atoms with E-state index in [2.05, 4.69) is 31.4 Å². The highest BCUT2D eigenvalue weighted by Gasteiger charge is 2.15. The van der Waals surface area contributed by atoms with Crippen molar-refractivity contribution in [2.45, 2.75) is 26.2 Å². The van der Waals surface area contributed by atoms with Crippen LogP contribution in [0.4, 0.5) is 11.4 Å². The van der Waals surface area contributed by atoms with E-state index < -0.39 is 0 Å². The van der Waals surface area contributed by atoms with Crippen LogP contribution in [0.1, 0.15) is 47.1 Å². The van der Waals surface area contributed by atoms with Gasteiger partial charge in [0.1, 0.15) is 0 Å². The Balaban J connectivity index is 1.44. The van der Waals surface area contributed by atoms with Crippen molar-refractivity contribution in [2.24, 2.45) is 0 Å². The van der Waals surface area contributed by atoms with Crippen LogP contribution in [0, 0.1) is 0 Å². The van der Waals surface area contributed by atoms with Gasteiger partial charge in [0.2, 0.25) is 0 Å². The molecule has 166 valence electrons. The second kappa shape index (κ2) is 9.08. The largest absolute Gasteiger partial charge is 0.322 e. The summed E-state index contributed by atoms with van der Waals surface area (Å²) in [7, 11) is 0. The van der Waals surface area contributed by atoms with Crippen LogP contribution < -0.4 is 10.6 Å². The number of anilines is 2. The second-order valence-corrected chi connectivity index (χ2v) is 9.36. The molecule has 0 fully saturated rings. The van der Waals surface area contributed by atoms with Gasteiger partial charge in [0, 0.05) is 32.9 Å². The number of carbonyl (C=O) groups is 2. The molecule has 0 saturated heterocycles. The van der Waals surface area contributed by atoms with E-state index in [9.17, 15) is 9.59 Å². The number of carbonyl (C=O) groups excluding carboxylic acids is 2. The van der Waals surface area contributed by atoms with E-state index in [1.54, 1.807) is 36.4 Å². The molecule has 4 rings (SSSR count). The van der Waals surface area contributed by atoms with Crippen LogP contribution in [0.25, 0.3) is 10.8 Å². The molecule has 0 bridgehead atoms. The molecule has 33 heavy (non-hydrogen) atoms. The van der Waals surface area contributed by atoms with E-state index in [-0.39, 0.29) is 17.2 Å². The molecule has 0 aliphatic rings. The minimum absolute atomic E-state index is 0.0353. The molecule has 2 amide bonds. The fraction of sp³-hybridized carbons (Fsp3) is 0.143. The van der Waals surface area contributed by atoms with Gasteiger partial charge in [-0.3, -0.25) is 9.59 Å². The van der Waals surface area contributed by atoms with Gasteiger partial charge in [-0.05, 0) is 64.9 Å². The van der Waals surface area contributed by atoms with Crippen molar-refractivity contribution in [1.29, 1.82) is 0 Å². The van der Waals surface area contributed by atoms with Crippen LogP contribution >= 0.6 is 11.6 Å². The van der Waals surface area contributed by atoms with Crippen LogP contribution in [0.3, 0.4) is 0 Å². The summed E-state index contributed by atoms with van der Waals surface area (Å²) in [5, 5.41) is 8.04. The third-order valence-electron chi connectivity index (χ3n) is 5.53. The minimum Gasteiger partial charge on any atom is -0.322 e. The molecular weight excluding hydrogens is 432 g/mol. The summed E-state index contributed by atoms with van der Waals surface area (Å²) in [4.78, 5) is 25.4. The number of fused-ring (bicyclic) bond motifs is 1. The highest BCUT2D eigenvalue weighted by molar-refractivity contribution is 6.36. The van der Waals surface area contributed by atoms with Gasteiger partial charge in [0.25, 0.3) is 11.8 Å². The Labute approximate surface area is 198 Å². The van der Waals surface area contributed by atoms with E-state index in [4.69, 9.17) is 11.6 Å². The molecule has 2 N–H and O–H groups in total. The predicted molar refractivity (Wildman–Crippen MR) is 136 cm³/mol. The van der Waals surface area contributed by atoms with Gasteiger partial charge in [0.15, 0.2) is 0 Å². The topological polar surface area (TPSA) is 58.2 Å². The molecule has 0 saturated carbocycles. The minimum atomic E-state index is -0.224. The fourth-order valence-electron chi connectivity index (χ4n) is 3.63. The number of nitrogens with one attached hydrogen (secondary N) is 2. The quantitative estimate of drug-likeness (QED) is 0.338. The number of rotatable bonds is 4. The van der Waals surface area contributed by atoms with Crippen molar-refractivity contribution in [1.82, 2.24) is 0 Å². The lowest BCUT2D eigenvalue weighted by molar-refractivity contribution is 0.101. The van der Waals surface area contributed by atoms with Crippen LogP contribution in [0.15, 0.2) is 84.9 Å². The van der Waals surface area contributed by atoms with Crippen LogP contribution in [0.5, 0.6) is 0 Å². The first-order valence-electron chi connectivity index (χ1n) is 10.7. The molecule has 0 unspecified atom stereocenters. The average Bonchev–Trinajstić information content (AvgIpc) is 2.80. The van der Waals surface area contributed by atoms with Crippen molar-refractivity contribution >= 4 is 45.6 Å². The molecule has 0 spiro atoms. The standard InChI is InChI=1S/C28H25ClN2O2/c1-28(2,3)19-12-10-18(11-13-19)26(32)30-20-14-16-21(17-15-20)31-27(33)24-8-4-7-23-22(24)6-5-9-25(23)29/h4-17H,1-3H3,(H,30,32)(H,31,33). The molecule has 0 aliphatic heterocycles. The Bertz CT molecular complexity index is 1320. The third kappa shape index (κ3) is 5.07. The normalized spacial score (nSPS) is 11.3. The zero-order valence-corrected chi connectivity index (χ0v) is 19.5. The van der Waals surface area contributed by atoms with Crippen LogP contribution in [-0.4, -0.2) is 11.8 Å². The maximum absolute atomic E-state index is 12.9. The number of amides is 2. The molecule has 0 aliphatic carbocycles. The zero-order chi connectivity index (χ0) is 23.6. The maximum atomic E-state index is 12.9. The van der Waals surface area contributed by atoms with Crippen molar-refractivity contribution in [3.8, 4) is 0 Å². The Kier molecular flexibility index (Phi) is 6.21. The fourth-order valence-corrected chi connectivity index (χ4v) is 3.87. The lowest BCUT2D eigenvalue weighted by Gasteiger charge is -2.19. The summed E-state index contributed by atoms with van der Waals surface area (Å²) < 4.78 is 0. The Morgan fingerprint density at radius 1 is 0.667 bits per heavy atom. The second-order valence-electron chi connectivity index (χ2n) is 8.95. The van der Waals surface area contributed by atoms with Gasteiger partial charge in [-0.1, -0.05) is 68.8 Å². The van der Waals surface area contributed by atoms with Crippen LogP contribution in [-0.2, 0) is 5.41 Å². The van der Waals surface area contributed by atoms with E-state index in [0.717, 1.165) is 10.8 Å². The van der Waals surface area contributed by atoms with Gasteiger partial charge >= 0.3 is 0 Å². The first-order valence-corrected chi connectivity index (χ1v) is 11.1. The van der Waals surface area contributed by atoms with E-state index >= 15 is 0 Å². The molecule has 4 aromatic carbocycles. The summed E-state index contributed by atoms with van der Waals surface area (Å²) in [6.07, 6.45) is 0. The zero-order valence-electron chi connectivity index (χ0n) is 18.8. The number of benzene rings is 4. The Morgan fingerprint density at radius 2 is 1.21 bits per heavy atom. The highest BCUT2D eigenvalue weighted by Crippen LogP contribution is 2.27. The summed E-state index contributed by atoms with van der Waals surface area (Å²) in [5.74, 6) is -0.404. The lowest BCUT2D eigenvalue weighted by atomic mass is 9.87. The molecular formula is C28H25ClN2O2. The van der Waals surface area contributed by atoms with E-state index in [1.165, 1.54) is 5.56 Å². The van der Waals surface area contributed by atoms with E-state index in [0.29, 0.717) is 27.5 Å². The molecule has 5 heteroatoms. The molecule has 0 heterocycles. The summed E-state index contributed by atoms with van der Waals surface area (Å²) in [6.45, 7) is 6.41. The molecule has 4 aromatic rings. The maximum Gasteiger partial charge on any atom is 0.256 e. The summed E-state index contributed by atoms with van der Waals surface area (Å²) in [5.41, 5.74) is 3.63. The first-order chi connectivity index (χ1) is 15.7. The number of hydrogen-bond acceptors (Lipinski definition) is 2.